The highest BCUT2D eigenvalue weighted by Crippen LogP contribution is 2.20. The zero-order chi connectivity index (χ0) is 11.6. The van der Waals surface area contributed by atoms with Gasteiger partial charge in [0.25, 0.3) is 0 Å². The topological polar surface area (TPSA) is 49.8 Å². The molecule has 1 atom stereocenters. The summed E-state index contributed by atoms with van der Waals surface area (Å²) in [6.45, 7) is 8.79. The van der Waals surface area contributed by atoms with Crippen molar-refractivity contribution in [2.24, 2.45) is 0 Å². The normalized spacial score (nSPS) is 22.3. The molecule has 4 nitrogen and oxygen atoms in total. The molecule has 0 saturated heterocycles. The molecule has 1 unspecified atom stereocenters. The van der Waals surface area contributed by atoms with E-state index < -0.39 is 14.4 Å². The lowest BCUT2D eigenvalue weighted by Crippen LogP contribution is -2.41. The second-order valence-electron chi connectivity index (χ2n) is 4.81. The highest BCUT2D eigenvalue weighted by Gasteiger charge is 2.26. The minimum Gasteiger partial charge on any atom is -0.547 e. The van der Waals surface area contributed by atoms with Crippen LogP contribution in [0, 0.1) is 0 Å². The number of amides is 1. The molecule has 15 heavy (non-hydrogen) atoms. The Morgan fingerprint density at radius 3 is 2.60 bits per heavy atom. The van der Waals surface area contributed by atoms with Crippen LogP contribution in [0.25, 0.3) is 0 Å². The molecule has 1 aliphatic heterocycles. The Hall–Kier alpha value is -0.973. The molecule has 0 aromatic carbocycles. The molecule has 1 rings (SSSR count). The summed E-state index contributed by atoms with van der Waals surface area (Å²) < 4.78 is 5.86. The Labute approximate surface area is 91.7 Å². The highest BCUT2D eigenvalue weighted by atomic mass is 28.4. The first-order valence-electron chi connectivity index (χ1n) is 5.19. The molecule has 5 heteroatoms. The van der Waals surface area contributed by atoms with Gasteiger partial charge in [-0.3, -0.25) is 0 Å². The van der Waals surface area contributed by atoms with E-state index >= 15 is 0 Å². The quantitative estimate of drug-likeness (QED) is 0.740. The lowest BCUT2D eigenvalue weighted by molar-refractivity contribution is 0.130. The van der Waals surface area contributed by atoms with Gasteiger partial charge in [0.15, 0.2) is 0 Å². The molecule has 0 saturated carbocycles. The molecule has 1 amide bonds. The molecule has 0 radical (unpaired) electrons. The van der Waals surface area contributed by atoms with E-state index in [0.717, 1.165) is 5.76 Å². The van der Waals surface area contributed by atoms with Gasteiger partial charge < -0.3 is 14.4 Å². The van der Waals surface area contributed by atoms with Crippen LogP contribution < -0.4 is 0 Å². The summed E-state index contributed by atoms with van der Waals surface area (Å²) in [6, 6.07) is -0.0809. The zero-order valence-corrected chi connectivity index (χ0v) is 10.8. The largest absolute Gasteiger partial charge is 0.547 e. The van der Waals surface area contributed by atoms with Crippen molar-refractivity contribution in [1.82, 2.24) is 4.90 Å². The maximum atomic E-state index is 10.8. The zero-order valence-electron chi connectivity index (χ0n) is 9.78. The second-order valence-corrected chi connectivity index (χ2v) is 9.24. The van der Waals surface area contributed by atoms with Crippen LogP contribution >= 0.6 is 0 Å². The van der Waals surface area contributed by atoms with Gasteiger partial charge in [0, 0.05) is 13.0 Å². The third kappa shape index (κ3) is 3.58. The summed E-state index contributed by atoms with van der Waals surface area (Å²) in [6.07, 6.45) is 1.75. The van der Waals surface area contributed by atoms with Gasteiger partial charge in [-0.15, -0.1) is 0 Å². The van der Waals surface area contributed by atoms with Gasteiger partial charge in [-0.2, -0.15) is 0 Å². The van der Waals surface area contributed by atoms with Gasteiger partial charge in [0.2, 0.25) is 8.32 Å². The number of carbonyl (C=O) groups is 1. The Morgan fingerprint density at radius 1 is 1.60 bits per heavy atom. The van der Waals surface area contributed by atoms with Gasteiger partial charge in [-0.1, -0.05) is 0 Å². The minimum atomic E-state index is -1.56. The van der Waals surface area contributed by atoms with Crippen LogP contribution in [0.4, 0.5) is 4.79 Å². The van der Waals surface area contributed by atoms with Gasteiger partial charge in [0.05, 0.1) is 11.8 Å². The van der Waals surface area contributed by atoms with Crippen LogP contribution in [0.5, 0.6) is 0 Å². The van der Waals surface area contributed by atoms with E-state index in [9.17, 15) is 4.79 Å². The number of rotatable bonds is 2. The maximum absolute atomic E-state index is 10.8. The summed E-state index contributed by atoms with van der Waals surface area (Å²) in [5, 5.41) is 8.89. The molecule has 0 aromatic rings. The maximum Gasteiger partial charge on any atom is 0.407 e. The van der Waals surface area contributed by atoms with Gasteiger partial charge in [-0.25, -0.2) is 4.79 Å². The monoisotopic (exact) mass is 229 g/mol. The predicted octanol–water partition coefficient (Wildman–Crippen LogP) is 2.49. The van der Waals surface area contributed by atoms with Crippen LogP contribution in [0.3, 0.4) is 0 Å². The molecule has 1 N–H and O–H groups in total. The third-order valence-electron chi connectivity index (χ3n) is 2.20. The van der Waals surface area contributed by atoms with E-state index in [1.165, 1.54) is 4.90 Å². The van der Waals surface area contributed by atoms with Crippen LogP contribution in [-0.2, 0) is 4.43 Å². The fourth-order valence-corrected chi connectivity index (χ4v) is 2.58. The fraction of sp³-hybridized carbons (Fsp3) is 0.700. The molecule has 0 spiro atoms. The molecule has 0 aliphatic carbocycles. The van der Waals surface area contributed by atoms with Crippen molar-refractivity contribution in [2.75, 3.05) is 6.54 Å². The van der Waals surface area contributed by atoms with E-state index in [1.807, 2.05) is 13.0 Å². The molecule has 0 fully saturated rings. The summed E-state index contributed by atoms with van der Waals surface area (Å²) >= 11 is 0. The van der Waals surface area contributed by atoms with E-state index in [4.69, 9.17) is 9.53 Å². The van der Waals surface area contributed by atoms with E-state index in [0.29, 0.717) is 13.0 Å². The molecular formula is C10H19NO3Si. The van der Waals surface area contributed by atoms with Crippen molar-refractivity contribution in [3.8, 4) is 0 Å². The first-order chi connectivity index (χ1) is 6.79. The first kappa shape index (κ1) is 12.1. The molecule has 1 aliphatic rings. The Morgan fingerprint density at radius 2 is 2.20 bits per heavy atom. The average Bonchev–Trinajstić information content (AvgIpc) is 1.99. The lowest BCUT2D eigenvalue weighted by Gasteiger charge is -2.32. The Balaban J connectivity index is 2.66. The highest BCUT2D eigenvalue weighted by molar-refractivity contribution is 6.70. The number of hydrogen-bond donors (Lipinski definition) is 1. The summed E-state index contributed by atoms with van der Waals surface area (Å²) in [5.41, 5.74) is 0. The fourth-order valence-electron chi connectivity index (χ4n) is 1.62. The summed E-state index contributed by atoms with van der Waals surface area (Å²) in [7, 11) is -1.56. The van der Waals surface area contributed by atoms with Crippen LogP contribution in [0.2, 0.25) is 19.6 Å². The van der Waals surface area contributed by atoms with Crippen molar-refractivity contribution in [3.05, 3.63) is 11.8 Å². The standard InChI is InChI=1S/C10H19NO3Si/c1-8-7-9(14-15(2,3)4)5-6-11(8)10(12)13/h7-8H,5-6H2,1-4H3,(H,12,13). The average molecular weight is 229 g/mol. The van der Waals surface area contributed by atoms with Crippen molar-refractivity contribution < 1.29 is 14.3 Å². The van der Waals surface area contributed by atoms with E-state index in [-0.39, 0.29) is 6.04 Å². The summed E-state index contributed by atoms with van der Waals surface area (Å²) in [5.74, 6) is 0.958. The minimum absolute atomic E-state index is 0.0809. The van der Waals surface area contributed by atoms with Crippen molar-refractivity contribution in [2.45, 2.75) is 39.0 Å². The molecule has 0 aromatic heterocycles. The molecule has 0 bridgehead atoms. The summed E-state index contributed by atoms with van der Waals surface area (Å²) in [4.78, 5) is 12.2. The van der Waals surface area contributed by atoms with Crippen LogP contribution in [0.15, 0.2) is 11.8 Å². The predicted molar refractivity (Wildman–Crippen MR) is 61.3 cm³/mol. The third-order valence-corrected chi connectivity index (χ3v) is 3.08. The molecular weight excluding hydrogens is 210 g/mol. The van der Waals surface area contributed by atoms with Gasteiger partial charge in [0.1, 0.15) is 0 Å². The SMILES string of the molecule is CC1C=C(O[Si](C)(C)C)CCN1C(=O)O. The number of nitrogens with zero attached hydrogens (tertiary/aromatic N) is 1. The van der Waals surface area contributed by atoms with E-state index in [2.05, 4.69) is 19.6 Å². The van der Waals surface area contributed by atoms with Crippen LogP contribution in [-0.4, -0.2) is 37.0 Å². The van der Waals surface area contributed by atoms with Gasteiger partial charge >= 0.3 is 6.09 Å². The smallest absolute Gasteiger partial charge is 0.407 e. The van der Waals surface area contributed by atoms with Crippen molar-refractivity contribution >= 4 is 14.4 Å². The van der Waals surface area contributed by atoms with Crippen molar-refractivity contribution in [1.29, 1.82) is 0 Å². The lowest BCUT2D eigenvalue weighted by atomic mass is 10.1. The number of carboxylic acid groups (broad SMARTS) is 1. The number of hydrogen-bond acceptors (Lipinski definition) is 2. The molecule has 1 heterocycles. The first-order valence-corrected chi connectivity index (χ1v) is 8.60. The molecule has 86 valence electrons. The Kier molecular flexibility index (Phi) is 3.44. The van der Waals surface area contributed by atoms with Gasteiger partial charge in [-0.05, 0) is 32.6 Å². The van der Waals surface area contributed by atoms with Crippen molar-refractivity contribution in [3.63, 3.8) is 0 Å². The Bertz CT molecular complexity index is 283. The van der Waals surface area contributed by atoms with Crippen LogP contribution in [0.1, 0.15) is 13.3 Å². The van der Waals surface area contributed by atoms with E-state index in [1.54, 1.807) is 0 Å². The second kappa shape index (κ2) is 4.26.